The van der Waals surface area contributed by atoms with E-state index < -0.39 is 5.82 Å². The van der Waals surface area contributed by atoms with Crippen LogP contribution in [0.5, 0.6) is 5.88 Å². The zero-order valence-corrected chi connectivity index (χ0v) is 18.7. The van der Waals surface area contributed by atoms with Gasteiger partial charge in [-0.05, 0) is 49.6 Å². The summed E-state index contributed by atoms with van der Waals surface area (Å²) in [5.74, 6) is -0.122. The molecule has 3 aromatic rings. The monoisotopic (exact) mass is 447 g/mol. The normalized spacial score (nSPS) is 14.2. The Kier molecular flexibility index (Phi) is 6.43. The average molecular weight is 448 g/mol. The van der Waals surface area contributed by atoms with Gasteiger partial charge in [0.05, 0.1) is 17.9 Å². The van der Waals surface area contributed by atoms with E-state index in [1.807, 2.05) is 30.0 Å². The summed E-state index contributed by atoms with van der Waals surface area (Å²) in [7, 11) is 1.71. The largest absolute Gasteiger partial charge is 0.478 e. The van der Waals surface area contributed by atoms with Gasteiger partial charge in [0.15, 0.2) is 0 Å². The molecule has 0 spiro atoms. The number of benzene rings is 1. The van der Waals surface area contributed by atoms with E-state index in [0.29, 0.717) is 53.6 Å². The van der Waals surface area contributed by atoms with Gasteiger partial charge in [0.1, 0.15) is 17.6 Å². The third-order valence-electron chi connectivity index (χ3n) is 5.98. The van der Waals surface area contributed by atoms with Crippen LogP contribution < -0.4 is 20.9 Å². The maximum atomic E-state index is 14.5. The molecule has 0 aliphatic carbocycles. The Labute approximate surface area is 191 Å². The molecule has 0 radical (unpaired) electrons. The Morgan fingerprint density at radius 2 is 1.94 bits per heavy atom. The minimum absolute atomic E-state index is 0.0295. The van der Waals surface area contributed by atoms with E-state index in [9.17, 15) is 9.18 Å². The van der Waals surface area contributed by atoms with E-state index in [2.05, 4.69) is 4.98 Å². The molecule has 0 bridgehead atoms. The lowest BCUT2D eigenvalue weighted by atomic mass is 9.97. The molecule has 0 unspecified atom stereocenters. The van der Waals surface area contributed by atoms with Crippen LogP contribution >= 0.6 is 0 Å². The molecule has 0 atom stereocenters. The molecule has 7 nitrogen and oxygen atoms in total. The van der Waals surface area contributed by atoms with Crippen molar-refractivity contribution in [2.24, 2.45) is 12.8 Å². The van der Waals surface area contributed by atoms with Gasteiger partial charge in [-0.3, -0.25) is 4.79 Å². The second-order valence-electron chi connectivity index (χ2n) is 8.11. The summed E-state index contributed by atoms with van der Waals surface area (Å²) < 4.78 is 21.6. The van der Waals surface area contributed by atoms with E-state index in [1.165, 1.54) is 12.1 Å². The Morgan fingerprint density at radius 1 is 1.21 bits per heavy atom. The van der Waals surface area contributed by atoms with Crippen molar-refractivity contribution in [3.63, 3.8) is 0 Å². The number of nitrogens with two attached hydrogens (primary N) is 1. The van der Waals surface area contributed by atoms with E-state index in [-0.39, 0.29) is 17.2 Å². The summed E-state index contributed by atoms with van der Waals surface area (Å²) >= 11 is 0. The highest BCUT2D eigenvalue weighted by molar-refractivity contribution is 5.83. The fourth-order valence-corrected chi connectivity index (χ4v) is 4.18. The number of hydrogen-bond acceptors (Lipinski definition) is 6. The number of aromatic nitrogens is 2. The quantitative estimate of drug-likeness (QED) is 0.643. The third-order valence-corrected chi connectivity index (χ3v) is 5.98. The Bertz CT molecular complexity index is 1260. The maximum Gasteiger partial charge on any atom is 0.274 e. The summed E-state index contributed by atoms with van der Waals surface area (Å²) in [5, 5.41) is 9.13. The van der Waals surface area contributed by atoms with Crippen LogP contribution in [0.25, 0.3) is 22.4 Å². The molecule has 1 aromatic carbocycles. The molecule has 2 aromatic heterocycles. The first-order valence-corrected chi connectivity index (χ1v) is 11.0. The topological polar surface area (TPSA) is 97.2 Å². The minimum Gasteiger partial charge on any atom is -0.478 e. The number of ether oxygens (including phenoxy) is 1. The number of hydrogen-bond donors (Lipinski definition) is 1. The van der Waals surface area contributed by atoms with Crippen LogP contribution in [0.1, 0.15) is 25.3 Å². The van der Waals surface area contributed by atoms with Crippen LogP contribution in [-0.2, 0) is 7.05 Å². The van der Waals surface area contributed by atoms with Crippen LogP contribution in [-0.4, -0.2) is 35.3 Å². The van der Waals surface area contributed by atoms with Gasteiger partial charge >= 0.3 is 0 Å². The Hall–Kier alpha value is -3.70. The van der Waals surface area contributed by atoms with Gasteiger partial charge in [-0.15, -0.1) is 0 Å². The molecular weight excluding hydrogens is 421 g/mol. The number of pyridine rings is 2. The third kappa shape index (κ3) is 4.45. The zero-order valence-electron chi connectivity index (χ0n) is 18.7. The van der Waals surface area contributed by atoms with Gasteiger partial charge in [-0.1, -0.05) is 6.07 Å². The van der Waals surface area contributed by atoms with E-state index in [0.717, 1.165) is 12.8 Å². The highest BCUT2D eigenvalue weighted by Crippen LogP contribution is 2.34. The number of nitrogens with zero attached hydrogens (tertiary/aromatic N) is 4. The first-order chi connectivity index (χ1) is 15.9. The fourth-order valence-electron chi connectivity index (χ4n) is 4.18. The number of piperidine rings is 1. The van der Waals surface area contributed by atoms with Crippen LogP contribution in [0, 0.1) is 17.1 Å². The van der Waals surface area contributed by atoms with Crippen molar-refractivity contribution in [3.05, 3.63) is 64.3 Å². The van der Waals surface area contributed by atoms with E-state index >= 15 is 0 Å². The molecule has 0 amide bonds. The predicted molar refractivity (Wildman–Crippen MR) is 126 cm³/mol. The molecule has 2 N–H and O–H groups in total. The molecule has 1 fully saturated rings. The lowest BCUT2D eigenvalue weighted by molar-refractivity contribution is 0.327. The van der Waals surface area contributed by atoms with Crippen molar-refractivity contribution in [1.29, 1.82) is 5.26 Å². The molecule has 1 aliphatic heterocycles. The minimum atomic E-state index is -0.606. The van der Waals surface area contributed by atoms with E-state index in [1.54, 1.807) is 29.9 Å². The highest BCUT2D eigenvalue weighted by atomic mass is 19.1. The SMILES string of the molecule is CCOc1ccc(-c2c(-c3ccc(C#N)c(F)c3)cc(N3CCC(N)CC3)c(=O)n2C)cn1. The molecule has 0 saturated carbocycles. The average Bonchev–Trinajstić information content (AvgIpc) is 2.82. The summed E-state index contributed by atoms with van der Waals surface area (Å²) in [4.78, 5) is 19.8. The summed E-state index contributed by atoms with van der Waals surface area (Å²) in [5.41, 5.74) is 8.97. The van der Waals surface area contributed by atoms with Crippen molar-refractivity contribution >= 4 is 5.69 Å². The maximum absolute atomic E-state index is 14.5. The van der Waals surface area contributed by atoms with Crippen LogP contribution in [0.3, 0.4) is 0 Å². The second kappa shape index (κ2) is 9.43. The molecule has 1 saturated heterocycles. The smallest absolute Gasteiger partial charge is 0.274 e. The van der Waals surface area contributed by atoms with Gasteiger partial charge in [0.2, 0.25) is 5.88 Å². The second-order valence-corrected chi connectivity index (χ2v) is 8.11. The molecule has 33 heavy (non-hydrogen) atoms. The van der Waals surface area contributed by atoms with Crippen molar-refractivity contribution < 1.29 is 9.13 Å². The molecule has 1 aliphatic rings. The van der Waals surface area contributed by atoms with Crippen LogP contribution in [0.4, 0.5) is 10.1 Å². The number of anilines is 1. The van der Waals surface area contributed by atoms with Gasteiger partial charge in [0, 0.05) is 49.6 Å². The van der Waals surface area contributed by atoms with Crippen LogP contribution in [0.15, 0.2) is 47.4 Å². The highest BCUT2D eigenvalue weighted by Gasteiger charge is 2.23. The van der Waals surface area contributed by atoms with Gasteiger partial charge < -0.3 is 19.9 Å². The zero-order chi connectivity index (χ0) is 23.5. The predicted octanol–water partition coefficient (Wildman–Crippen LogP) is 3.45. The Balaban J connectivity index is 1.91. The standard InChI is InChI=1S/C25H26FN5O2/c1-3-33-23-7-6-18(15-29-23)24-20(16-4-5-17(14-27)21(26)12-16)13-22(25(32)30(24)2)31-10-8-19(28)9-11-31/h4-7,12-13,15,19H,3,8-11,28H2,1-2H3. The molecule has 4 rings (SSSR count). The summed E-state index contributed by atoms with van der Waals surface area (Å²) in [6.45, 7) is 3.74. The molecule has 8 heteroatoms. The van der Waals surface area contributed by atoms with Gasteiger partial charge in [-0.25, -0.2) is 9.37 Å². The number of halogens is 1. The van der Waals surface area contributed by atoms with Crippen molar-refractivity contribution in [2.45, 2.75) is 25.8 Å². The summed E-state index contributed by atoms with van der Waals surface area (Å²) in [6.07, 6.45) is 3.24. The lowest BCUT2D eigenvalue weighted by Gasteiger charge is -2.32. The van der Waals surface area contributed by atoms with Crippen molar-refractivity contribution in [2.75, 3.05) is 24.6 Å². The van der Waals surface area contributed by atoms with Crippen LogP contribution in [0.2, 0.25) is 0 Å². The molecule has 170 valence electrons. The molecule has 3 heterocycles. The van der Waals surface area contributed by atoms with Crippen molar-refractivity contribution in [1.82, 2.24) is 9.55 Å². The first kappa shape index (κ1) is 22.5. The summed E-state index contributed by atoms with van der Waals surface area (Å²) in [6, 6.07) is 11.9. The number of nitriles is 1. The van der Waals surface area contributed by atoms with Crippen molar-refractivity contribution in [3.8, 4) is 34.3 Å². The van der Waals surface area contributed by atoms with Gasteiger partial charge in [0.25, 0.3) is 5.56 Å². The molecular formula is C25H26FN5O2. The first-order valence-electron chi connectivity index (χ1n) is 11.0. The van der Waals surface area contributed by atoms with Gasteiger partial charge in [-0.2, -0.15) is 5.26 Å². The fraction of sp³-hybridized carbons (Fsp3) is 0.320. The Morgan fingerprint density at radius 3 is 2.55 bits per heavy atom. The number of rotatable bonds is 5. The lowest BCUT2D eigenvalue weighted by Crippen LogP contribution is -2.42. The van der Waals surface area contributed by atoms with E-state index in [4.69, 9.17) is 15.7 Å².